The van der Waals surface area contributed by atoms with E-state index in [0.29, 0.717) is 11.6 Å². The minimum absolute atomic E-state index is 0.118. The van der Waals surface area contributed by atoms with E-state index in [0.717, 1.165) is 15.8 Å². The number of benzene rings is 2. The van der Waals surface area contributed by atoms with Crippen LogP contribution < -0.4 is 5.32 Å². The second kappa shape index (κ2) is 5.43. The van der Waals surface area contributed by atoms with Crippen molar-refractivity contribution in [1.29, 1.82) is 0 Å². The Morgan fingerprint density at radius 3 is 2.85 bits per heavy atom. The number of aryl methyl sites for hydroxylation is 1. The van der Waals surface area contributed by atoms with Crippen LogP contribution in [0.5, 0.6) is 0 Å². The molecular weight excluding hydrogens is 268 g/mol. The number of hydrogen-bond acceptors (Lipinski definition) is 3. The number of nitrogens with one attached hydrogen (secondary N) is 1. The average molecular weight is 282 g/mol. The summed E-state index contributed by atoms with van der Waals surface area (Å²) < 4.78 is 1.04. The number of aromatic nitrogens is 1. The van der Waals surface area contributed by atoms with Gasteiger partial charge in [0.2, 0.25) is 0 Å². The molecule has 1 heterocycles. The molecule has 0 aliphatic carbocycles. The van der Waals surface area contributed by atoms with Crippen molar-refractivity contribution in [1.82, 2.24) is 10.3 Å². The summed E-state index contributed by atoms with van der Waals surface area (Å²) in [5, 5.41) is 3.43. The van der Waals surface area contributed by atoms with Crippen molar-refractivity contribution >= 4 is 27.5 Å². The number of carbonyl (C=O) groups is 1. The third-order valence-corrected chi connectivity index (χ3v) is 4.06. The van der Waals surface area contributed by atoms with Crippen molar-refractivity contribution in [2.45, 2.75) is 13.5 Å². The Morgan fingerprint density at radius 2 is 2.05 bits per heavy atom. The number of fused-ring (bicyclic) bond motifs is 1. The van der Waals surface area contributed by atoms with Gasteiger partial charge >= 0.3 is 0 Å². The molecule has 0 fully saturated rings. The third kappa shape index (κ3) is 2.70. The summed E-state index contributed by atoms with van der Waals surface area (Å²) in [5.41, 5.74) is 3.16. The normalized spacial score (nSPS) is 10.7. The van der Waals surface area contributed by atoms with Crippen molar-refractivity contribution in [2.75, 3.05) is 0 Å². The molecule has 3 rings (SSSR count). The van der Waals surface area contributed by atoms with E-state index in [9.17, 15) is 4.79 Å². The van der Waals surface area contributed by atoms with Gasteiger partial charge in [-0.2, -0.15) is 0 Å². The van der Waals surface area contributed by atoms with Gasteiger partial charge in [0.1, 0.15) is 0 Å². The lowest BCUT2D eigenvalue weighted by molar-refractivity contribution is 0.0950. The maximum atomic E-state index is 12.1. The monoisotopic (exact) mass is 282 g/mol. The lowest BCUT2D eigenvalue weighted by atomic mass is 10.1. The van der Waals surface area contributed by atoms with Gasteiger partial charge in [-0.1, -0.05) is 42.0 Å². The first-order chi connectivity index (χ1) is 9.72. The number of amides is 1. The van der Waals surface area contributed by atoms with Crippen molar-refractivity contribution in [2.24, 2.45) is 0 Å². The van der Waals surface area contributed by atoms with Crippen LogP contribution in [0.15, 0.2) is 48.5 Å². The van der Waals surface area contributed by atoms with Crippen LogP contribution in [0.4, 0.5) is 0 Å². The molecule has 0 spiro atoms. The van der Waals surface area contributed by atoms with E-state index in [1.807, 2.05) is 49.4 Å². The highest BCUT2D eigenvalue weighted by Crippen LogP contribution is 2.21. The molecule has 0 bridgehead atoms. The van der Waals surface area contributed by atoms with Crippen molar-refractivity contribution in [3.8, 4) is 0 Å². The minimum Gasteiger partial charge on any atom is -0.346 e. The first-order valence-corrected chi connectivity index (χ1v) is 7.23. The molecule has 1 aromatic heterocycles. The number of carbonyl (C=O) groups excluding carboxylic acids is 1. The van der Waals surface area contributed by atoms with Gasteiger partial charge in [0.15, 0.2) is 5.01 Å². The van der Waals surface area contributed by atoms with Gasteiger partial charge < -0.3 is 5.32 Å². The zero-order chi connectivity index (χ0) is 13.9. The predicted molar refractivity (Wildman–Crippen MR) is 82.0 cm³/mol. The summed E-state index contributed by atoms with van der Waals surface area (Å²) in [7, 11) is 0. The Hall–Kier alpha value is -2.20. The first kappa shape index (κ1) is 12.8. The van der Waals surface area contributed by atoms with Crippen LogP contribution in [0.25, 0.3) is 10.2 Å². The second-order valence-corrected chi connectivity index (χ2v) is 5.69. The van der Waals surface area contributed by atoms with Gasteiger partial charge in [-0.15, -0.1) is 11.3 Å². The fraction of sp³-hybridized carbons (Fsp3) is 0.125. The summed E-state index contributed by atoms with van der Waals surface area (Å²) in [5.74, 6) is -0.118. The lowest BCUT2D eigenvalue weighted by Gasteiger charge is -2.03. The lowest BCUT2D eigenvalue weighted by Crippen LogP contribution is -2.22. The third-order valence-electron chi connectivity index (χ3n) is 3.02. The number of nitrogens with zero attached hydrogens (tertiary/aromatic N) is 1. The van der Waals surface area contributed by atoms with Crippen molar-refractivity contribution in [3.63, 3.8) is 0 Å². The van der Waals surface area contributed by atoms with Gasteiger partial charge in [-0.05, 0) is 24.6 Å². The van der Waals surface area contributed by atoms with E-state index in [1.54, 1.807) is 0 Å². The smallest absolute Gasteiger partial charge is 0.280 e. The fourth-order valence-corrected chi connectivity index (χ4v) is 2.93. The Balaban J connectivity index is 1.73. The number of rotatable bonds is 3. The Bertz CT molecular complexity index is 731. The molecule has 1 amide bonds. The summed E-state index contributed by atoms with van der Waals surface area (Å²) in [6.07, 6.45) is 0. The molecule has 3 aromatic rings. The van der Waals surface area contributed by atoms with E-state index in [4.69, 9.17) is 0 Å². The van der Waals surface area contributed by atoms with E-state index >= 15 is 0 Å². The van der Waals surface area contributed by atoms with Gasteiger partial charge in [-0.25, -0.2) is 4.98 Å². The first-order valence-electron chi connectivity index (χ1n) is 6.42. The van der Waals surface area contributed by atoms with E-state index < -0.39 is 0 Å². The van der Waals surface area contributed by atoms with E-state index in [-0.39, 0.29) is 5.91 Å². The largest absolute Gasteiger partial charge is 0.346 e. The van der Waals surface area contributed by atoms with Crippen molar-refractivity contribution < 1.29 is 4.79 Å². The van der Waals surface area contributed by atoms with Crippen LogP contribution in [0, 0.1) is 6.92 Å². The quantitative estimate of drug-likeness (QED) is 0.798. The summed E-state index contributed by atoms with van der Waals surface area (Å²) in [4.78, 5) is 16.5. The zero-order valence-electron chi connectivity index (χ0n) is 11.1. The molecule has 3 nitrogen and oxygen atoms in total. The molecule has 0 unspecified atom stereocenters. The highest BCUT2D eigenvalue weighted by molar-refractivity contribution is 7.20. The maximum Gasteiger partial charge on any atom is 0.280 e. The number of thiazole rings is 1. The standard InChI is InChI=1S/C16H14N2OS/c1-11-5-4-6-12(9-11)10-17-15(19)16-18-13-7-2-3-8-14(13)20-16/h2-9H,10H2,1H3,(H,17,19). The van der Waals surface area contributed by atoms with E-state index in [2.05, 4.69) is 16.4 Å². The topological polar surface area (TPSA) is 42.0 Å². The van der Waals surface area contributed by atoms with Gasteiger partial charge in [0.05, 0.1) is 10.2 Å². The molecule has 0 aliphatic rings. The van der Waals surface area contributed by atoms with Crippen LogP contribution in [0.1, 0.15) is 20.9 Å². The molecule has 0 aliphatic heterocycles. The van der Waals surface area contributed by atoms with Crippen LogP contribution in [-0.2, 0) is 6.54 Å². The molecule has 2 aromatic carbocycles. The van der Waals surface area contributed by atoms with Gasteiger partial charge in [-0.3, -0.25) is 4.79 Å². The fourth-order valence-electron chi connectivity index (χ4n) is 2.05. The molecule has 100 valence electrons. The Labute approximate surface area is 121 Å². The number of hydrogen-bond donors (Lipinski definition) is 1. The molecule has 20 heavy (non-hydrogen) atoms. The van der Waals surface area contributed by atoms with Crippen LogP contribution in [-0.4, -0.2) is 10.9 Å². The van der Waals surface area contributed by atoms with E-state index in [1.165, 1.54) is 16.9 Å². The highest BCUT2D eigenvalue weighted by atomic mass is 32.1. The average Bonchev–Trinajstić information content (AvgIpc) is 2.89. The van der Waals surface area contributed by atoms with Crippen LogP contribution in [0.2, 0.25) is 0 Å². The minimum atomic E-state index is -0.118. The Morgan fingerprint density at radius 1 is 1.20 bits per heavy atom. The summed E-state index contributed by atoms with van der Waals surface area (Å²) >= 11 is 1.42. The summed E-state index contributed by atoms with van der Waals surface area (Å²) in [6, 6.07) is 15.9. The SMILES string of the molecule is Cc1cccc(CNC(=O)c2nc3ccccc3s2)c1. The highest BCUT2D eigenvalue weighted by Gasteiger charge is 2.11. The second-order valence-electron chi connectivity index (χ2n) is 4.66. The van der Waals surface area contributed by atoms with Crippen LogP contribution in [0.3, 0.4) is 0 Å². The molecule has 4 heteroatoms. The molecule has 0 atom stereocenters. The maximum absolute atomic E-state index is 12.1. The van der Waals surface area contributed by atoms with Gasteiger partial charge in [0.25, 0.3) is 5.91 Å². The number of para-hydroxylation sites is 1. The van der Waals surface area contributed by atoms with Crippen LogP contribution >= 0.6 is 11.3 Å². The predicted octanol–water partition coefficient (Wildman–Crippen LogP) is 3.53. The zero-order valence-corrected chi connectivity index (χ0v) is 11.9. The molecule has 0 saturated heterocycles. The molecule has 1 N–H and O–H groups in total. The molecular formula is C16H14N2OS. The molecule has 0 radical (unpaired) electrons. The summed E-state index contributed by atoms with van der Waals surface area (Å²) in [6.45, 7) is 2.56. The van der Waals surface area contributed by atoms with Crippen molar-refractivity contribution in [3.05, 3.63) is 64.7 Å². The van der Waals surface area contributed by atoms with Gasteiger partial charge in [0, 0.05) is 6.54 Å². The molecule has 0 saturated carbocycles. The Kier molecular flexibility index (Phi) is 3.48.